The van der Waals surface area contributed by atoms with E-state index in [1.807, 2.05) is 13.8 Å². The summed E-state index contributed by atoms with van der Waals surface area (Å²) in [6.07, 6.45) is -4.72. The van der Waals surface area contributed by atoms with Crippen LogP contribution in [0, 0.1) is 18.3 Å². The van der Waals surface area contributed by atoms with Gasteiger partial charge in [-0.25, -0.2) is 0 Å². The molecule has 0 unspecified atom stereocenters. The van der Waals surface area contributed by atoms with Gasteiger partial charge < -0.3 is 4.74 Å². The Labute approximate surface area is 92.3 Å². The zero-order valence-corrected chi connectivity index (χ0v) is 9.22. The second-order valence-corrected chi connectivity index (χ2v) is 2.64. The lowest BCUT2D eigenvalue weighted by Crippen LogP contribution is -2.17. The van der Waals surface area contributed by atoms with Crippen molar-refractivity contribution in [1.29, 1.82) is 5.26 Å². The van der Waals surface area contributed by atoms with Gasteiger partial charge in [0.1, 0.15) is 5.75 Å². The van der Waals surface area contributed by atoms with Gasteiger partial charge >= 0.3 is 6.36 Å². The molecule has 0 fully saturated rings. The Balaban J connectivity index is 0.00000106. The molecule has 16 heavy (non-hydrogen) atoms. The number of nitriles is 1. The van der Waals surface area contributed by atoms with Crippen LogP contribution in [0.25, 0.3) is 0 Å². The van der Waals surface area contributed by atoms with E-state index >= 15 is 0 Å². The average molecular weight is 231 g/mol. The molecular weight excluding hydrogens is 219 g/mol. The monoisotopic (exact) mass is 231 g/mol. The van der Waals surface area contributed by atoms with Crippen molar-refractivity contribution in [3.8, 4) is 11.8 Å². The summed E-state index contributed by atoms with van der Waals surface area (Å²) >= 11 is 0. The quantitative estimate of drug-likeness (QED) is 0.736. The van der Waals surface area contributed by atoms with Crippen LogP contribution in [0.3, 0.4) is 0 Å². The van der Waals surface area contributed by atoms with Crippen LogP contribution < -0.4 is 4.74 Å². The van der Waals surface area contributed by atoms with Gasteiger partial charge in [0.05, 0.1) is 11.6 Å². The minimum absolute atomic E-state index is 0.173. The van der Waals surface area contributed by atoms with Crippen molar-refractivity contribution >= 4 is 0 Å². The topological polar surface area (TPSA) is 33.0 Å². The van der Waals surface area contributed by atoms with Crippen LogP contribution in [-0.4, -0.2) is 6.36 Å². The van der Waals surface area contributed by atoms with Crippen LogP contribution in [0.2, 0.25) is 0 Å². The molecule has 0 aromatic heterocycles. The van der Waals surface area contributed by atoms with E-state index in [0.29, 0.717) is 5.56 Å². The summed E-state index contributed by atoms with van der Waals surface area (Å²) in [5.41, 5.74) is 0.786. The fourth-order valence-electron chi connectivity index (χ4n) is 0.919. The molecular formula is C11H12F3NO. The van der Waals surface area contributed by atoms with Gasteiger partial charge in [0.2, 0.25) is 0 Å². The number of halogens is 3. The van der Waals surface area contributed by atoms with Crippen molar-refractivity contribution in [2.24, 2.45) is 0 Å². The number of benzene rings is 1. The molecule has 88 valence electrons. The molecule has 0 amide bonds. The summed E-state index contributed by atoms with van der Waals surface area (Å²) in [5.74, 6) is -0.375. The van der Waals surface area contributed by atoms with E-state index in [2.05, 4.69) is 4.74 Å². The summed E-state index contributed by atoms with van der Waals surface area (Å²) in [4.78, 5) is 0. The number of alkyl halides is 3. The number of hydrogen-bond acceptors (Lipinski definition) is 2. The molecule has 5 heteroatoms. The number of rotatable bonds is 1. The lowest BCUT2D eigenvalue weighted by atomic mass is 10.1. The van der Waals surface area contributed by atoms with E-state index in [-0.39, 0.29) is 11.3 Å². The summed E-state index contributed by atoms with van der Waals surface area (Å²) < 4.78 is 39.0. The smallest absolute Gasteiger partial charge is 0.406 e. The first kappa shape index (κ1) is 14.3. The van der Waals surface area contributed by atoms with Crippen molar-refractivity contribution in [3.63, 3.8) is 0 Å². The molecule has 0 spiro atoms. The van der Waals surface area contributed by atoms with E-state index in [1.165, 1.54) is 12.1 Å². The van der Waals surface area contributed by atoms with Gasteiger partial charge in [-0.15, -0.1) is 13.2 Å². The minimum Gasteiger partial charge on any atom is -0.406 e. The maximum Gasteiger partial charge on any atom is 0.573 e. The van der Waals surface area contributed by atoms with Gasteiger partial charge in [0.25, 0.3) is 0 Å². The van der Waals surface area contributed by atoms with Crippen molar-refractivity contribution in [2.75, 3.05) is 0 Å². The first-order valence-electron chi connectivity index (χ1n) is 4.69. The molecule has 1 aromatic rings. The maximum absolute atomic E-state index is 11.8. The predicted octanol–water partition coefficient (Wildman–Crippen LogP) is 3.79. The molecule has 0 aliphatic carbocycles. The van der Waals surface area contributed by atoms with E-state index in [9.17, 15) is 13.2 Å². The van der Waals surface area contributed by atoms with Crippen LogP contribution in [0.1, 0.15) is 25.0 Å². The highest BCUT2D eigenvalue weighted by Gasteiger charge is 2.31. The third kappa shape index (κ3) is 4.69. The van der Waals surface area contributed by atoms with Crippen molar-refractivity contribution < 1.29 is 17.9 Å². The molecule has 0 atom stereocenters. The first-order chi connectivity index (χ1) is 7.42. The molecule has 0 radical (unpaired) electrons. The van der Waals surface area contributed by atoms with E-state index in [4.69, 9.17) is 5.26 Å². The maximum atomic E-state index is 11.8. The highest BCUT2D eigenvalue weighted by molar-refractivity contribution is 5.42. The number of aryl methyl sites for hydroxylation is 1. The number of hydrogen-bond donors (Lipinski definition) is 0. The van der Waals surface area contributed by atoms with Crippen molar-refractivity contribution in [1.82, 2.24) is 0 Å². The van der Waals surface area contributed by atoms with E-state index in [0.717, 1.165) is 6.07 Å². The molecule has 0 aliphatic rings. The predicted molar refractivity (Wildman–Crippen MR) is 53.9 cm³/mol. The molecule has 0 aliphatic heterocycles. The second-order valence-electron chi connectivity index (χ2n) is 2.64. The number of ether oxygens (including phenoxy) is 1. The van der Waals surface area contributed by atoms with Gasteiger partial charge in [0, 0.05) is 0 Å². The second kappa shape index (κ2) is 6.01. The third-order valence-corrected chi connectivity index (χ3v) is 1.56. The molecule has 0 saturated heterocycles. The first-order valence-corrected chi connectivity index (χ1v) is 4.69. The van der Waals surface area contributed by atoms with E-state index < -0.39 is 6.36 Å². The lowest BCUT2D eigenvalue weighted by molar-refractivity contribution is -0.274. The van der Waals surface area contributed by atoms with Gasteiger partial charge in [-0.3, -0.25) is 0 Å². The summed E-state index contributed by atoms with van der Waals surface area (Å²) in [7, 11) is 0. The largest absolute Gasteiger partial charge is 0.573 e. The summed E-state index contributed by atoms with van der Waals surface area (Å²) in [6.45, 7) is 5.63. The molecule has 0 N–H and O–H groups in total. The molecule has 0 heterocycles. The lowest BCUT2D eigenvalue weighted by Gasteiger charge is -2.09. The Kier molecular flexibility index (Phi) is 5.37. The van der Waals surface area contributed by atoms with Gasteiger partial charge in [0.15, 0.2) is 0 Å². The summed E-state index contributed by atoms with van der Waals surface area (Å²) in [6, 6.07) is 5.41. The fraction of sp³-hybridized carbons (Fsp3) is 0.364. The highest BCUT2D eigenvalue weighted by Crippen LogP contribution is 2.24. The van der Waals surface area contributed by atoms with Crippen LogP contribution >= 0.6 is 0 Å². The number of nitrogens with zero attached hydrogens (tertiary/aromatic N) is 1. The fourth-order valence-corrected chi connectivity index (χ4v) is 0.919. The molecule has 2 nitrogen and oxygen atoms in total. The average Bonchev–Trinajstić information content (AvgIpc) is 2.22. The van der Waals surface area contributed by atoms with Crippen LogP contribution in [0.4, 0.5) is 13.2 Å². The van der Waals surface area contributed by atoms with Gasteiger partial charge in [-0.2, -0.15) is 5.26 Å². The van der Waals surface area contributed by atoms with Gasteiger partial charge in [-0.1, -0.05) is 19.9 Å². The Bertz CT molecular complexity index is 380. The van der Waals surface area contributed by atoms with Crippen LogP contribution in [0.15, 0.2) is 18.2 Å². The molecule has 0 saturated carbocycles. The Hall–Kier alpha value is -1.70. The molecule has 0 bridgehead atoms. The van der Waals surface area contributed by atoms with Crippen LogP contribution in [-0.2, 0) is 0 Å². The Morgan fingerprint density at radius 1 is 1.25 bits per heavy atom. The molecule has 1 rings (SSSR count). The van der Waals surface area contributed by atoms with E-state index in [1.54, 1.807) is 13.0 Å². The van der Waals surface area contributed by atoms with Crippen molar-refractivity contribution in [3.05, 3.63) is 29.3 Å². The highest BCUT2D eigenvalue weighted by atomic mass is 19.4. The summed E-state index contributed by atoms with van der Waals surface area (Å²) in [5, 5.41) is 8.55. The minimum atomic E-state index is -4.72. The van der Waals surface area contributed by atoms with Gasteiger partial charge in [-0.05, 0) is 24.6 Å². The molecule has 1 aromatic carbocycles. The standard InChI is InChI=1S/C9H6F3NO.C2H6/c1-6-2-3-8(4-7(6)5-13)14-9(10,11)12;1-2/h2-4H,1H3;1-2H3. The van der Waals surface area contributed by atoms with Crippen LogP contribution in [0.5, 0.6) is 5.75 Å². The zero-order valence-electron chi connectivity index (χ0n) is 9.22. The normalized spacial score (nSPS) is 9.81. The third-order valence-electron chi connectivity index (χ3n) is 1.56. The zero-order chi connectivity index (χ0) is 12.8. The Morgan fingerprint density at radius 2 is 1.81 bits per heavy atom. The SMILES string of the molecule is CC.Cc1ccc(OC(F)(F)F)cc1C#N. The van der Waals surface area contributed by atoms with Crippen molar-refractivity contribution in [2.45, 2.75) is 27.1 Å². The Morgan fingerprint density at radius 3 is 2.25 bits per heavy atom.